The molecule has 5 heteroatoms. The fourth-order valence-corrected chi connectivity index (χ4v) is 1.74. The van der Waals surface area contributed by atoms with E-state index in [9.17, 15) is 4.39 Å². The van der Waals surface area contributed by atoms with E-state index >= 15 is 0 Å². The van der Waals surface area contributed by atoms with Gasteiger partial charge in [-0.25, -0.2) is 4.39 Å². The average molecular weight is 234 g/mol. The van der Waals surface area contributed by atoms with Crippen LogP contribution >= 0.6 is 0 Å². The van der Waals surface area contributed by atoms with Gasteiger partial charge in [0.05, 0.1) is 23.1 Å². The van der Waals surface area contributed by atoms with Gasteiger partial charge in [0.2, 0.25) is 0 Å². The zero-order chi connectivity index (χ0) is 12.5. The van der Waals surface area contributed by atoms with Crippen LogP contribution in [0.2, 0.25) is 0 Å². The molecule has 2 rings (SSSR count). The highest BCUT2D eigenvalue weighted by atomic mass is 19.1. The van der Waals surface area contributed by atoms with Crippen LogP contribution < -0.4 is 5.73 Å². The fraction of sp³-hybridized carbons (Fsp3) is 0.333. The SMILES string of the molecule is Cn1ccc(CC(C)(N)c2ccc(F)cn2)n1. The van der Waals surface area contributed by atoms with Gasteiger partial charge in [0.25, 0.3) is 0 Å². The van der Waals surface area contributed by atoms with Crippen LogP contribution in [-0.4, -0.2) is 14.8 Å². The molecule has 0 radical (unpaired) electrons. The van der Waals surface area contributed by atoms with E-state index in [4.69, 9.17) is 5.73 Å². The number of hydrogen-bond acceptors (Lipinski definition) is 3. The minimum absolute atomic E-state index is 0.359. The molecule has 0 amide bonds. The van der Waals surface area contributed by atoms with E-state index in [-0.39, 0.29) is 5.82 Å². The number of halogens is 1. The second-order valence-corrected chi connectivity index (χ2v) is 4.44. The highest BCUT2D eigenvalue weighted by molar-refractivity contribution is 5.18. The molecule has 0 aromatic carbocycles. The van der Waals surface area contributed by atoms with Crippen molar-refractivity contribution in [2.24, 2.45) is 12.8 Å². The Labute approximate surface area is 99.3 Å². The molecule has 2 N–H and O–H groups in total. The quantitative estimate of drug-likeness (QED) is 0.872. The maximum atomic E-state index is 12.8. The summed E-state index contributed by atoms with van der Waals surface area (Å²) in [6, 6.07) is 4.89. The second kappa shape index (κ2) is 4.25. The van der Waals surface area contributed by atoms with Crippen LogP contribution in [0, 0.1) is 5.82 Å². The average Bonchev–Trinajstić information content (AvgIpc) is 2.63. The first-order valence-electron chi connectivity index (χ1n) is 5.37. The Bertz CT molecular complexity index is 501. The van der Waals surface area contributed by atoms with Crippen molar-refractivity contribution in [2.75, 3.05) is 0 Å². The number of aryl methyl sites for hydroxylation is 1. The highest BCUT2D eigenvalue weighted by Crippen LogP contribution is 2.20. The lowest BCUT2D eigenvalue weighted by Gasteiger charge is -2.22. The van der Waals surface area contributed by atoms with Gasteiger partial charge in [-0.2, -0.15) is 5.10 Å². The lowest BCUT2D eigenvalue weighted by molar-refractivity contribution is 0.464. The first kappa shape index (κ1) is 11.7. The molecule has 1 unspecified atom stereocenters. The summed E-state index contributed by atoms with van der Waals surface area (Å²) in [6.07, 6.45) is 3.61. The zero-order valence-corrected chi connectivity index (χ0v) is 9.89. The van der Waals surface area contributed by atoms with Gasteiger partial charge in [0.1, 0.15) is 5.82 Å². The maximum absolute atomic E-state index is 12.8. The van der Waals surface area contributed by atoms with Crippen LogP contribution in [0.25, 0.3) is 0 Å². The summed E-state index contributed by atoms with van der Waals surface area (Å²) in [6.45, 7) is 1.86. The number of aromatic nitrogens is 3. The maximum Gasteiger partial charge on any atom is 0.141 e. The molecule has 90 valence electrons. The fourth-order valence-electron chi connectivity index (χ4n) is 1.74. The molecule has 0 aliphatic carbocycles. The Hall–Kier alpha value is -1.75. The molecular weight excluding hydrogens is 219 g/mol. The minimum Gasteiger partial charge on any atom is -0.320 e. The molecule has 2 aromatic heterocycles. The summed E-state index contributed by atoms with van der Waals surface area (Å²) >= 11 is 0. The Morgan fingerprint density at radius 1 is 1.41 bits per heavy atom. The molecule has 0 saturated heterocycles. The van der Waals surface area contributed by atoms with E-state index in [1.54, 1.807) is 10.7 Å². The topological polar surface area (TPSA) is 56.7 Å². The summed E-state index contributed by atoms with van der Waals surface area (Å²) in [5.74, 6) is -0.359. The summed E-state index contributed by atoms with van der Waals surface area (Å²) in [7, 11) is 1.85. The highest BCUT2D eigenvalue weighted by Gasteiger charge is 2.24. The van der Waals surface area contributed by atoms with Crippen molar-refractivity contribution in [3.05, 3.63) is 47.8 Å². The third kappa shape index (κ3) is 2.68. The molecule has 2 aromatic rings. The molecule has 4 nitrogen and oxygen atoms in total. The molecule has 1 atom stereocenters. The first-order valence-corrected chi connectivity index (χ1v) is 5.37. The van der Waals surface area contributed by atoms with Gasteiger partial charge in [-0.1, -0.05) is 0 Å². The number of nitrogens with zero attached hydrogens (tertiary/aromatic N) is 3. The largest absolute Gasteiger partial charge is 0.320 e. The van der Waals surface area contributed by atoms with Crippen molar-refractivity contribution < 1.29 is 4.39 Å². The summed E-state index contributed by atoms with van der Waals surface area (Å²) in [5, 5.41) is 4.27. The van der Waals surface area contributed by atoms with Crippen molar-refractivity contribution in [3.8, 4) is 0 Å². The monoisotopic (exact) mass is 234 g/mol. The standard InChI is InChI=1S/C12H15FN4/c1-12(14,7-10-5-6-17(2)16-10)11-4-3-9(13)8-15-11/h3-6,8H,7,14H2,1-2H3. The van der Waals surface area contributed by atoms with E-state index in [2.05, 4.69) is 10.1 Å². The smallest absolute Gasteiger partial charge is 0.141 e. The lowest BCUT2D eigenvalue weighted by atomic mass is 9.93. The van der Waals surface area contributed by atoms with Gasteiger partial charge >= 0.3 is 0 Å². The van der Waals surface area contributed by atoms with Crippen LogP contribution in [0.5, 0.6) is 0 Å². The zero-order valence-electron chi connectivity index (χ0n) is 9.89. The first-order chi connectivity index (χ1) is 7.97. The Morgan fingerprint density at radius 3 is 2.71 bits per heavy atom. The van der Waals surface area contributed by atoms with E-state index in [1.165, 1.54) is 12.3 Å². The lowest BCUT2D eigenvalue weighted by Crippen LogP contribution is -2.36. The van der Waals surface area contributed by atoms with Crippen LogP contribution in [0.3, 0.4) is 0 Å². The van der Waals surface area contributed by atoms with Crippen molar-refractivity contribution in [2.45, 2.75) is 18.9 Å². The summed E-state index contributed by atoms with van der Waals surface area (Å²) in [5.41, 5.74) is 7.09. The molecule has 0 spiro atoms. The Balaban J connectivity index is 2.21. The van der Waals surface area contributed by atoms with Gasteiger partial charge in [-0.3, -0.25) is 9.67 Å². The van der Waals surface area contributed by atoms with Crippen molar-refractivity contribution >= 4 is 0 Å². The number of pyridine rings is 1. The normalized spacial score (nSPS) is 14.6. The summed E-state index contributed by atoms with van der Waals surface area (Å²) in [4.78, 5) is 4.02. The van der Waals surface area contributed by atoms with Crippen LogP contribution in [0.1, 0.15) is 18.3 Å². The van der Waals surface area contributed by atoms with Gasteiger partial charge in [-0.15, -0.1) is 0 Å². The summed E-state index contributed by atoms with van der Waals surface area (Å²) < 4.78 is 14.5. The molecule has 17 heavy (non-hydrogen) atoms. The Morgan fingerprint density at radius 2 is 2.18 bits per heavy atom. The van der Waals surface area contributed by atoms with E-state index in [0.29, 0.717) is 12.1 Å². The second-order valence-electron chi connectivity index (χ2n) is 4.44. The van der Waals surface area contributed by atoms with E-state index < -0.39 is 5.54 Å². The number of nitrogens with two attached hydrogens (primary N) is 1. The predicted molar refractivity (Wildman–Crippen MR) is 62.6 cm³/mol. The minimum atomic E-state index is -0.651. The molecule has 0 bridgehead atoms. The third-order valence-electron chi connectivity index (χ3n) is 2.63. The third-order valence-corrected chi connectivity index (χ3v) is 2.63. The van der Waals surface area contributed by atoms with Crippen molar-refractivity contribution in [1.29, 1.82) is 0 Å². The molecule has 2 heterocycles. The molecule has 0 aliphatic heterocycles. The van der Waals surface area contributed by atoms with Gasteiger partial charge in [0, 0.05) is 19.7 Å². The molecule has 0 saturated carbocycles. The molecule has 0 aliphatic rings. The van der Waals surface area contributed by atoms with Gasteiger partial charge in [-0.05, 0) is 25.1 Å². The van der Waals surface area contributed by atoms with Crippen LogP contribution in [-0.2, 0) is 19.0 Å². The predicted octanol–water partition coefficient (Wildman–Crippen LogP) is 1.37. The van der Waals surface area contributed by atoms with E-state index in [0.717, 1.165) is 5.69 Å². The number of rotatable bonds is 3. The van der Waals surface area contributed by atoms with Gasteiger partial charge < -0.3 is 5.73 Å². The van der Waals surface area contributed by atoms with Crippen LogP contribution in [0.15, 0.2) is 30.6 Å². The van der Waals surface area contributed by atoms with Gasteiger partial charge in [0.15, 0.2) is 0 Å². The Kier molecular flexibility index (Phi) is 2.93. The number of hydrogen-bond donors (Lipinski definition) is 1. The van der Waals surface area contributed by atoms with Crippen LogP contribution in [0.4, 0.5) is 4.39 Å². The van der Waals surface area contributed by atoms with Crippen molar-refractivity contribution in [3.63, 3.8) is 0 Å². The molecular formula is C12H15FN4. The van der Waals surface area contributed by atoms with E-state index in [1.807, 2.05) is 26.2 Å². The van der Waals surface area contributed by atoms with Crippen molar-refractivity contribution in [1.82, 2.24) is 14.8 Å². The molecule has 0 fully saturated rings.